The van der Waals surface area contributed by atoms with E-state index in [1.54, 1.807) is 0 Å². The molecule has 0 aromatic rings. The Morgan fingerprint density at radius 3 is 2.59 bits per heavy atom. The SMILES string of the molecule is O=S(=O)(CCCCCl)NCCN1CCSCC1. The lowest BCUT2D eigenvalue weighted by Gasteiger charge is -2.25. The first kappa shape index (κ1) is 15.6. The van der Waals surface area contributed by atoms with Gasteiger partial charge in [-0.05, 0) is 12.8 Å². The van der Waals surface area contributed by atoms with Crippen molar-refractivity contribution < 1.29 is 8.42 Å². The third-order valence-electron chi connectivity index (χ3n) is 2.65. The van der Waals surface area contributed by atoms with Crippen LogP contribution in [0.25, 0.3) is 0 Å². The van der Waals surface area contributed by atoms with Crippen LogP contribution in [0.15, 0.2) is 0 Å². The zero-order valence-corrected chi connectivity index (χ0v) is 12.4. The fraction of sp³-hybridized carbons (Fsp3) is 1.00. The maximum absolute atomic E-state index is 11.6. The van der Waals surface area contributed by atoms with Crippen molar-refractivity contribution in [2.24, 2.45) is 0 Å². The minimum absolute atomic E-state index is 0.190. The summed E-state index contributed by atoms with van der Waals surface area (Å²) >= 11 is 7.47. The number of sulfonamides is 1. The first-order valence-corrected chi connectivity index (χ1v) is 9.31. The Morgan fingerprint density at radius 2 is 1.94 bits per heavy atom. The van der Waals surface area contributed by atoms with E-state index in [2.05, 4.69) is 9.62 Å². The molecule has 7 heteroatoms. The first-order valence-electron chi connectivity index (χ1n) is 5.97. The first-order chi connectivity index (χ1) is 8.14. The Balaban J connectivity index is 2.11. The Labute approximate surface area is 114 Å². The quantitative estimate of drug-likeness (QED) is 0.536. The molecule has 17 heavy (non-hydrogen) atoms. The van der Waals surface area contributed by atoms with E-state index in [1.807, 2.05) is 11.8 Å². The predicted molar refractivity (Wildman–Crippen MR) is 75.5 cm³/mol. The molecule has 0 aliphatic carbocycles. The summed E-state index contributed by atoms with van der Waals surface area (Å²) in [4.78, 5) is 2.30. The minimum Gasteiger partial charge on any atom is -0.300 e. The molecule has 1 fully saturated rings. The van der Waals surface area contributed by atoms with Gasteiger partial charge < -0.3 is 4.90 Å². The standard InChI is InChI=1S/C10H21ClN2O2S2/c11-3-1-2-10-17(14,15)12-4-5-13-6-8-16-9-7-13/h12H,1-10H2. The highest BCUT2D eigenvalue weighted by Gasteiger charge is 2.12. The van der Waals surface area contributed by atoms with Gasteiger partial charge in [0, 0.05) is 43.6 Å². The molecule has 1 saturated heterocycles. The van der Waals surface area contributed by atoms with Crippen molar-refractivity contribution in [3.63, 3.8) is 0 Å². The van der Waals surface area contributed by atoms with Crippen LogP contribution < -0.4 is 4.72 Å². The molecule has 1 aliphatic heterocycles. The van der Waals surface area contributed by atoms with E-state index in [-0.39, 0.29) is 5.75 Å². The number of rotatable bonds is 8. The van der Waals surface area contributed by atoms with Gasteiger partial charge in [-0.2, -0.15) is 11.8 Å². The Kier molecular flexibility index (Phi) is 7.86. The summed E-state index contributed by atoms with van der Waals surface area (Å²) in [5, 5.41) is 0. The molecule has 0 atom stereocenters. The van der Waals surface area contributed by atoms with E-state index in [0.29, 0.717) is 18.8 Å². The average Bonchev–Trinajstić information content (AvgIpc) is 2.30. The second kappa shape index (κ2) is 8.58. The lowest BCUT2D eigenvalue weighted by Crippen LogP contribution is -2.39. The largest absolute Gasteiger partial charge is 0.300 e. The molecule has 0 amide bonds. The van der Waals surface area contributed by atoms with Crippen molar-refractivity contribution in [2.45, 2.75) is 12.8 Å². The van der Waals surface area contributed by atoms with Crippen LogP contribution in [-0.2, 0) is 10.0 Å². The fourth-order valence-electron chi connectivity index (χ4n) is 1.64. The zero-order valence-electron chi connectivity index (χ0n) is 10.0. The Bertz CT molecular complexity index is 293. The van der Waals surface area contributed by atoms with Gasteiger partial charge in [0.25, 0.3) is 0 Å². The second-order valence-electron chi connectivity index (χ2n) is 4.06. The van der Waals surface area contributed by atoms with Crippen molar-refractivity contribution in [2.75, 3.05) is 49.3 Å². The third-order valence-corrected chi connectivity index (χ3v) is 5.33. The van der Waals surface area contributed by atoms with Crippen LogP contribution in [0.2, 0.25) is 0 Å². The number of nitrogens with one attached hydrogen (secondary N) is 1. The van der Waals surface area contributed by atoms with E-state index >= 15 is 0 Å². The number of halogens is 1. The van der Waals surface area contributed by atoms with Crippen LogP contribution in [0.3, 0.4) is 0 Å². The molecule has 1 N–H and O–H groups in total. The smallest absolute Gasteiger partial charge is 0.211 e. The number of thioether (sulfide) groups is 1. The van der Waals surface area contributed by atoms with Gasteiger partial charge in [-0.25, -0.2) is 13.1 Å². The Hall–Kier alpha value is 0.510. The molecule has 0 aromatic carbocycles. The summed E-state index contributed by atoms with van der Waals surface area (Å²) in [5.41, 5.74) is 0. The molecular formula is C10H21ClN2O2S2. The maximum Gasteiger partial charge on any atom is 0.211 e. The number of hydrogen-bond acceptors (Lipinski definition) is 4. The normalized spacial score (nSPS) is 18.4. The highest BCUT2D eigenvalue weighted by atomic mass is 35.5. The van der Waals surface area contributed by atoms with Crippen molar-refractivity contribution >= 4 is 33.4 Å². The molecule has 0 aromatic heterocycles. The summed E-state index contributed by atoms with van der Waals surface area (Å²) in [6.45, 7) is 3.47. The van der Waals surface area contributed by atoms with Crippen LogP contribution in [0, 0.1) is 0 Å². The van der Waals surface area contributed by atoms with Crippen LogP contribution in [0.5, 0.6) is 0 Å². The van der Waals surface area contributed by atoms with E-state index < -0.39 is 10.0 Å². The molecule has 102 valence electrons. The lowest BCUT2D eigenvalue weighted by atomic mass is 10.4. The molecule has 0 spiro atoms. The molecule has 0 saturated carbocycles. The number of unbranched alkanes of at least 4 members (excludes halogenated alkanes) is 1. The van der Waals surface area contributed by atoms with Crippen molar-refractivity contribution in [3.05, 3.63) is 0 Å². The van der Waals surface area contributed by atoms with Crippen molar-refractivity contribution in [1.29, 1.82) is 0 Å². The summed E-state index contributed by atoms with van der Waals surface area (Å²) in [6.07, 6.45) is 1.39. The van der Waals surface area contributed by atoms with Gasteiger partial charge in [-0.3, -0.25) is 0 Å². The summed E-state index contributed by atoms with van der Waals surface area (Å²) < 4.78 is 25.8. The predicted octanol–water partition coefficient (Wildman–Crippen LogP) is 0.974. The molecule has 0 unspecified atom stereocenters. The maximum atomic E-state index is 11.6. The van der Waals surface area contributed by atoms with Gasteiger partial charge in [0.15, 0.2) is 0 Å². The Morgan fingerprint density at radius 1 is 1.24 bits per heavy atom. The molecule has 0 bridgehead atoms. The van der Waals surface area contributed by atoms with Crippen molar-refractivity contribution in [1.82, 2.24) is 9.62 Å². The highest BCUT2D eigenvalue weighted by molar-refractivity contribution is 7.99. The van der Waals surface area contributed by atoms with E-state index in [1.165, 1.54) is 0 Å². The number of hydrogen-bond donors (Lipinski definition) is 1. The molecule has 0 radical (unpaired) electrons. The van der Waals surface area contributed by atoms with Crippen LogP contribution in [0.4, 0.5) is 0 Å². The number of nitrogens with zero attached hydrogens (tertiary/aromatic N) is 1. The van der Waals surface area contributed by atoms with Crippen LogP contribution in [0.1, 0.15) is 12.8 Å². The van der Waals surface area contributed by atoms with Crippen molar-refractivity contribution in [3.8, 4) is 0 Å². The van der Waals surface area contributed by atoms with Crippen LogP contribution in [-0.4, -0.2) is 62.6 Å². The van der Waals surface area contributed by atoms with E-state index in [9.17, 15) is 8.42 Å². The average molecular weight is 301 g/mol. The molecule has 1 rings (SSSR count). The minimum atomic E-state index is -3.10. The van der Waals surface area contributed by atoms with Gasteiger partial charge in [0.05, 0.1) is 5.75 Å². The van der Waals surface area contributed by atoms with Gasteiger partial charge in [-0.15, -0.1) is 11.6 Å². The highest BCUT2D eigenvalue weighted by Crippen LogP contribution is 2.08. The molecular weight excluding hydrogens is 280 g/mol. The zero-order chi connectivity index (χ0) is 12.6. The lowest BCUT2D eigenvalue weighted by molar-refractivity contribution is 0.307. The summed E-state index contributed by atoms with van der Waals surface area (Å²) in [6, 6.07) is 0. The monoisotopic (exact) mass is 300 g/mol. The molecule has 4 nitrogen and oxygen atoms in total. The fourth-order valence-corrected chi connectivity index (χ4v) is 3.94. The summed E-state index contributed by atoms with van der Waals surface area (Å²) in [5.74, 6) is 3.03. The second-order valence-corrected chi connectivity index (χ2v) is 7.59. The molecule has 1 aliphatic rings. The van der Waals surface area contributed by atoms with E-state index in [4.69, 9.17) is 11.6 Å². The van der Waals surface area contributed by atoms with Gasteiger partial charge in [-0.1, -0.05) is 0 Å². The molecule has 1 heterocycles. The number of alkyl halides is 1. The van der Waals surface area contributed by atoms with Gasteiger partial charge in [0.1, 0.15) is 0 Å². The van der Waals surface area contributed by atoms with Gasteiger partial charge in [0.2, 0.25) is 10.0 Å². The topological polar surface area (TPSA) is 49.4 Å². The third kappa shape index (κ3) is 7.51. The van der Waals surface area contributed by atoms with Gasteiger partial charge >= 0.3 is 0 Å². The van der Waals surface area contributed by atoms with Crippen LogP contribution >= 0.6 is 23.4 Å². The van der Waals surface area contributed by atoms with E-state index in [0.717, 1.165) is 37.6 Å². The summed E-state index contributed by atoms with van der Waals surface area (Å²) in [7, 11) is -3.10.